The van der Waals surface area contributed by atoms with Crippen molar-refractivity contribution in [2.24, 2.45) is 11.8 Å². The van der Waals surface area contributed by atoms with Gasteiger partial charge in [0, 0.05) is 0 Å². The van der Waals surface area contributed by atoms with E-state index in [2.05, 4.69) is 13.8 Å². The Bertz CT molecular complexity index is 57.1. The summed E-state index contributed by atoms with van der Waals surface area (Å²) in [6, 6.07) is 0. The van der Waals surface area contributed by atoms with Crippen LogP contribution in [0.5, 0.6) is 0 Å². The van der Waals surface area contributed by atoms with E-state index in [1.165, 1.54) is 19.3 Å². The highest BCUT2D eigenvalue weighted by Gasteiger charge is 2.30. The molecule has 0 aromatic carbocycles. The molecule has 1 aliphatic carbocycles. The summed E-state index contributed by atoms with van der Waals surface area (Å²) in [6.45, 7) is 4.62. The zero-order valence-electron chi connectivity index (χ0n) is 5.28. The number of rotatable bonds is 2. The second-order valence-corrected chi connectivity index (χ2v) is 2.76. The predicted octanol–water partition coefficient (Wildman–Crippen LogP) is 2.44. The zero-order chi connectivity index (χ0) is 5.28. The van der Waals surface area contributed by atoms with Crippen LogP contribution in [0.4, 0.5) is 0 Å². The van der Waals surface area contributed by atoms with Crippen LogP contribution in [-0.4, -0.2) is 0 Å². The van der Waals surface area contributed by atoms with E-state index >= 15 is 0 Å². The average molecular weight is 98.2 g/mol. The molecule has 0 aliphatic heterocycles. The van der Waals surface area contributed by atoms with E-state index < -0.39 is 0 Å². The molecule has 1 aliphatic rings. The van der Waals surface area contributed by atoms with Crippen LogP contribution in [0.1, 0.15) is 33.1 Å². The van der Waals surface area contributed by atoms with Crippen LogP contribution >= 0.6 is 0 Å². The van der Waals surface area contributed by atoms with E-state index in [9.17, 15) is 0 Å². The first-order valence-electron chi connectivity index (χ1n) is 3.34. The summed E-state index contributed by atoms with van der Waals surface area (Å²) in [5.74, 6) is 2.19. The molecule has 0 unspecified atom stereocenters. The van der Waals surface area contributed by atoms with Gasteiger partial charge in [0.15, 0.2) is 0 Å². The highest BCUT2D eigenvalue weighted by Crippen LogP contribution is 2.40. The first kappa shape index (κ1) is 5.14. The van der Waals surface area contributed by atoms with Crippen molar-refractivity contribution >= 4 is 0 Å². The summed E-state index contributed by atoms with van der Waals surface area (Å²) in [6.07, 6.45) is 4.37. The molecule has 7 heavy (non-hydrogen) atoms. The van der Waals surface area contributed by atoms with Crippen LogP contribution < -0.4 is 0 Å². The topological polar surface area (TPSA) is 0 Å². The van der Waals surface area contributed by atoms with Gasteiger partial charge in [-0.2, -0.15) is 0 Å². The maximum absolute atomic E-state index is 2.35. The van der Waals surface area contributed by atoms with E-state index in [0.717, 1.165) is 11.8 Å². The van der Waals surface area contributed by atoms with Gasteiger partial charge in [-0.15, -0.1) is 0 Å². The van der Waals surface area contributed by atoms with Crippen molar-refractivity contribution in [3.8, 4) is 0 Å². The Balaban J connectivity index is 1.98. The third kappa shape index (κ3) is 1.19. The average Bonchev–Trinajstić information content (AvgIpc) is 2.22. The first-order chi connectivity index (χ1) is 3.34. The molecule has 0 nitrogen and oxygen atoms in total. The summed E-state index contributed by atoms with van der Waals surface area (Å²) >= 11 is 0. The molecule has 0 bridgehead atoms. The molecule has 1 rings (SSSR count). The van der Waals surface area contributed by atoms with Gasteiger partial charge in [-0.3, -0.25) is 0 Å². The van der Waals surface area contributed by atoms with Crippen LogP contribution in [0.2, 0.25) is 0 Å². The number of hydrogen-bond acceptors (Lipinski definition) is 0. The fourth-order valence-electron chi connectivity index (χ4n) is 1.17. The summed E-state index contributed by atoms with van der Waals surface area (Å²) in [7, 11) is 0. The fraction of sp³-hybridized carbons (Fsp3) is 1.00. The van der Waals surface area contributed by atoms with Crippen molar-refractivity contribution in [2.75, 3.05) is 0 Å². The van der Waals surface area contributed by atoms with Crippen molar-refractivity contribution in [1.82, 2.24) is 0 Å². The summed E-state index contributed by atoms with van der Waals surface area (Å²) in [5.41, 5.74) is 0. The van der Waals surface area contributed by atoms with Crippen LogP contribution in [0, 0.1) is 11.8 Å². The lowest BCUT2D eigenvalue weighted by Gasteiger charge is -1.86. The molecule has 0 saturated heterocycles. The van der Waals surface area contributed by atoms with Crippen LogP contribution in [0.3, 0.4) is 0 Å². The third-order valence-corrected chi connectivity index (χ3v) is 1.94. The van der Waals surface area contributed by atoms with Gasteiger partial charge in [-0.1, -0.05) is 26.7 Å². The smallest absolute Gasteiger partial charge is 0.0386 e. The largest absolute Gasteiger partial charge is 0.0654 e. The van der Waals surface area contributed by atoms with E-state index in [4.69, 9.17) is 0 Å². The van der Waals surface area contributed by atoms with Crippen LogP contribution in [-0.2, 0) is 0 Å². The van der Waals surface area contributed by atoms with Crippen molar-refractivity contribution < 1.29 is 0 Å². The molecule has 0 N–H and O–H groups in total. The van der Waals surface area contributed by atoms with Gasteiger partial charge in [0.25, 0.3) is 0 Å². The van der Waals surface area contributed by atoms with Gasteiger partial charge in [-0.25, -0.2) is 0 Å². The summed E-state index contributed by atoms with van der Waals surface area (Å²) in [4.78, 5) is 0. The monoisotopic (exact) mass is 98.1 g/mol. The minimum absolute atomic E-state index is 1.07. The van der Waals surface area contributed by atoms with Gasteiger partial charge in [-0.05, 0) is 18.3 Å². The molecule has 1 fully saturated rings. The van der Waals surface area contributed by atoms with Gasteiger partial charge < -0.3 is 0 Å². The highest BCUT2D eigenvalue weighted by molar-refractivity contribution is 4.81. The second-order valence-electron chi connectivity index (χ2n) is 2.76. The van der Waals surface area contributed by atoms with Gasteiger partial charge in [0.2, 0.25) is 0 Å². The highest BCUT2D eigenvalue weighted by atomic mass is 14.4. The Morgan fingerprint density at radius 1 is 1.57 bits per heavy atom. The van der Waals surface area contributed by atoms with Gasteiger partial charge in [0.05, 0.1) is 0 Å². The molecule has 0 heteroatoms. The lowest BCUT2D eigenvalue weighted by molar-refractivity contribution is 0.659. The van der Waals surface area contributed by atoms with Crippen molar-refractivity contribution in [2.45, 2.75) is 33.1 Å². The molecule has 0 radical (unpaired) electrons. The van der Waals surface area contributed by atoms with Crippen molar-refractivity contribution in [3.63, 3.8) is 0 Å². The van der Waals surface area contributed by atoms with Crippen LogP contribution in [0.15, 0.2) is 0 Å². The molecule has 1 saturated carbocycles. The molecule has 0 amide bonds. The van der Waals surface area contributed by atoms with E-state index in [1.54, 1.807) is 0 Å². The molecule has 0 aromatic rings. The van der Waals surface area contributed by atoms with E-state index in [1.807, 2.05) is 0 Å². The standard InChI is InChI=1S/C7H14/c1-3-4-7-5-6(7)2/h6-7H,3-5H2,1-2H3/t6-,7+/m0/s1. The third-order valence-electron chi connectivity index (χ3n) is 1.94. The quantitative estimate of drug-likeness (QED) is 0.497. The number of hydrogen-bond donors (Lipinski definition) is 0. The Hall–Kier alpha value is 0. The van der Waals surface area contributed by atoms with Gasteiger partial charge >= 0.3 is 0 Å². The predicted molar refractivity (Wildman–Crippen MR) is 32.2 cm³/mol. The molecule has 2 atom stereocenters. The second kappa shape index (κ2) is 1.85. The Kier molecular flexibility index (Phi) is 1.36. The first-order valence-corrected chi connectivity index (χ1v) is 3.34. The minimum atomic E-state index is 1.07. The molecule has 42 valence electrons. The molecule has 0 aromatic heterocycles. The molecular formula is C7H14. The molecule has 0 spiro atoms. The van der Waals surface area contributed by atoms with E-state index in [0.29, 0.717) is 0 Å². The zero-order valence-corrected chi connectivity index (χ0v) is 5.28. The SMILES string of the molecule is CCC[C@@H]1C[C@@H]1C. The minimum Gasteiger partial charge on any atom is -0.0654 e. The molecular weight excluding hydrogens is 84.1 g/mol. The van der Waals surface area contributed by atoms with Crippen molar-refractivity contribution in [1.29, 1.82) is 0 Å². The Labute approximate surface area is 45.9 Å². The summed E-state index contributed by atoms with van der Waals surface area (Å²) < 4.78 is 0. The van der Waals surface area contributed by atoms with Crippen molar-refractivity contribution in [3.05, 3.63) is 0 Å². The lowest BCUT2D eigenvalue weighted by atomic mass is 10.2. The van der Waals surface area contributed by atoms with Gasteiger partial charge in [0.1, 0.15) is 0 Å². The van der Waals surface area contributed by atoms with E-state index in [-0.39, 0.29) is 0 Å². The molecule has 0 heterocycles. The lowest BCUT2D eigenvalue weighted by Crippen LogP contribution is -1.74. The van der Waals surface area contributed by atoms with Crippen LogP contribution in [0.25, 0.3) is 0 Å². The maximum Gasteiger partial charge on any atom is -0.0386 e. The maximum atomic E-state index is 2.35. The fourth-order valence-corrected chi connectivity index (χ4v) is 1.17. The normalized spacial score (nSPS) is 38.6. The summed E-state index contributed by atoms with van der Waals surface area (Å²) in [5, 5.41) is 0. The Morgan fingerprint density at radius 3 is 2.29 bits per heavy atom. The Morgan fingerprint density at radius 2 is 2.14 bits per heavy atom.